The molecule has 28 heavy (non-hydrogen) atoms. The van der Waals surface area contributed by atoms with Crippen LogP contribution in [0.1, 0.15) is 30.1 Å². The SMILES string of the molecule is CCN(c1ccccc1)S(=O)(=O)c1ccc(Cl)c(C(=O)N2CCCC(O)C2)c1. The number of hydrogen-bond donors (Lipinski definition) is 1. The second-order valence-electron chi connectivity index (χ2n) is 6.69. The summed E-state index contributed by atoms with van der Waals surface area (Å²) in [4.78, 5) is 14.4. The third-order valence-electron chi connectivity index (χ3n) is 4.77. The number of carbonyl (C=O) groups excluding carboxylic acids is 1. The molecule has 1 aliphatic rings. The Hall–Kier alpha value is -2.09. The monoisotopic (exact) mass is 422 g/mol. The Morgan fingerprint density at radius 2 is 1.96 bits per heavy atom. The number of aliphatic hydroxyl groups is 1. The summed E-state index contributed by atoms with van der Waals surface area (Å²) in [6.45, 7) is 2.73. The summed E-state index contributed by atoms with van der Waals surface area (Å²) in [5.41, 5.74) is 0.674. The number of nitrogens with zero attached hydrogens (tertiary/aromatic N) is 2. The highest BCUT2D eigenvalue weighted by Crippen LogP contribution is 2.28. The largest absolute Gasteiger partial charge is 0.391 e. The molecule has 1 heterocycles. The number of rotatable bonds is 5. The number of sulfonamides is 1. The predicted molar refractivity (Wildman–Crippen MR) is 109 cm³/mol. The van der Waals surface area contributed by atoms with E-state index < -0.39 is 16.1 Å². The van der Waals surface area contributed by atoms with Crippen LogP contribution in [0.3, 0.4) is 0 Å². The van der Waals surface area contributed by atoms with Crippen LogP contribution in [-0.2, 0) is 10.0 Å². The van der Waals surface area contributed by atoms with Gasteiger partial charge in [0, 0.05) is 19.6 Å². The molecule has 3 rings (SSSR count). The molecule has 1 unspecified atom stereocenters. The average Bonchev–Trinajstić information content (AvgIpc) is 2.69. The van der Waals surface area contributed by atoms with Crippen LogP contribution < -0.4 is 4.31 Å². The van der Waals surface area contributed by atoms with Gasteiger partial charge >= 0.3 is 0 Å². The first-order valence-corrected chi connectivity index (χ1v) is 11.0. The lowest BCUT2D eigenvalue weighted by Gasteiger charge is -2.30. The van der Waals surface area contributed by atoms with Crippen LogP contribution in [-0.4, -0.2) is 50.1 Å². The predicted octanol–water partition coefficient (Wildman–Crippen LogP) is 3.15. The quantitative estimate of drug-likeness (QED) is 0.802. The third-order valence-corrected chi connectivity index (χ3v) is 7.00. The van der Waals surface area contributed by atoms with Crippen LogP contribution in [0.5, 0.6) is 0 Å². The molecule has 8 heteroatoms. The maximum Gasteiger partial charge on any atom is 0.264 e. The van der Waals surface area contributed by atoms with E-state index >= 15 is 0 Å². The number of hydrogen-bond acceptors (Lipinski definition) is 4. The van der Waals surface area contributed by atoms with Gasteiger partial charge in [0.05, 0.1) is 27.3 Å². The molecule has 0 radical (unpaired) electrons. The van der Waals surface area contributed by atoms with Crippen LogP contribution in [0.2, 0.25) is 5.02 Å². The first-order valence-electron chi connectivity index (χ1n) is 9.19. The van der Waals surface area contributed by atoms with E-state index in [1.807, 2.05) is 6.07 Å². The van der Waals surface area contributed by atoms with E-state index in [1.165, 1.54) is 27.4 Å². The Kier molecular flexibility index (Phi) is 6.27. The highest BCUT2D eigenvalue weighted by molar-refractivity contribution is 7.92. The second kappa shape index (κ2) is 8.51. The third kappa shape index (κ3) is 4.16. The van der Waals surface area contributed by atoms with Gasteiger partial charge in [-0.15, -0.1) is 0 Å². The zero-order valence-electron chi connectivity index (χ0n) is 15.6. The zero-order chi connectivity index (χ0) is 20.3. The number of aliphatic hydroxyl groups excluding tert-OH is 1. The summed E-state index contributed by atoms with van der Waals surface area (Å²) in [5.74, 6) is -0.372. The molecule has 1 saturated heterocycles. The first-order chi connectivity index (χ1) is 13.3. The van der Waals surface area contributed by atoms with Crippen LogP contribution in [0.4, 0.5) is 5.69 Å². The van der Waals surface area contributed by atoms with E-state index in [0.29, 0.717) is 25.1 Å². The molecule has 0 aliphatic carbocycles. The van der Waals surface area contributed by atoms with Gasteiger partial charge in [-0.3, -0.25) is 9.10 Å². The van der Waals surface area contributed by atoms with Gasteiger partial charge in [-0.2, -0.15) is 0 Å². The Morgan fingerprint density at radius 3 is 2.61 bits per heavy atom. The summed E-state index contributed by atoms with van der Waals surface area (Å²) < 4.78 is 27.7. The van der Waals surface area contributed by atoms with E-state index in [4.69, 9.17) is 11.6 Å². The van der Waals surface area contributed by atoms with Crippen LogP contribution >= 0.6 is 11.6 Å². The fourth-order valence-electron chi connectivity index (χ4n) is 3.35. The molecule has 0 bridgehead atoms. The topological polar surface area (TPSA) is 77.9 Å². The van der Waals surface area contributed by atoms with Crippen molar-refractivity contribution in [2.75, 3.05) is 23.9 Å². The van der Waals surface area contributed by atoms with Gasteiger partial charge in [0.15, 0.2) is 0 Å². The van der Waals surface area contributed by atoms with Gasteiger partial charge in [-0.25, -0.2) is 8.42 Å². The van der Waals surface area contributed by atoms with Gasteiger partial charge in [-0.1, -0.05) is 29.8 Å². The number of halogens is 1. The lowest BCUT2D eigenvalue weighted by molar-refractivity contribution is 0.0473. The van der Waals surface area contributed by atoms with Gasteiger partial charge in [0.1, 0.15) is 0 Å². The van der Waals surface area contributed by atoms with Crippen molar-refractivity contribution in [2.45, 2.75) is 30.8 Å². The number of piperidine rings is 1. The molecule has 0 aromatic heterocycles. The van der Waals surface area contributed by atoms with Crippen molar-refractivity contribution in [2.24, 2.45) is 0 Å². The van der Waals surface area contributed by atoms with E-state index in [2.05, 4.69) is 0 Å². The molecule has 1 N–H and O–H groups in total. The van der Waals surface area contributed by atoms with E-state index in [1.54, 1.807) is 31.2 Å². The molecule has 150 valence electrons. The molecule has 1 atom stereocenters. The molecule has 1 aliphatic heterocycles. The molecule has 0 saturated carbocycles. The summed E-state index contributed by atoms with van der Waals surface area (Å²) in [7, 11) is -3.86. The van der Waals surface area contributed by atoms with Gasteiger partial charge in [0.25, 0.3) is 15.9 Å². The molecule has 1 amide bonds. The van der Waals surface area contributed by atoms with E-state index in [0.717, 1.165) is 0 Å². The fraction of sp³-hybridized carbons (Fsp3) is 0.350. The average molecular weight is 423 g/mol. The van der Waals surface area contributed by atoms with Crippen molar-refractivity contribution < 1.29 is 18.3 Å². The summed E-state index contributed by atoms with van der Waals surface area (Å²) >= 11 is 6.21. The minimum absolute atomic E-state index is 0.00325. The van der Waals surface area contributed by atoms with Crippen molar-refractivity contribution >= 4 is 33.2 Å². The lowest BCUT2D eigenvalue weighted by atomic mass is 10.1. The van der Waals surface area contributed by atoms with E-state index in [9.17, 15) is 18.3 Å². The van der Waals surface area contributed by atoms with Gasteiger partial charge in [-0.05, 0) is 50.1 Å². The van der Waals surface area contributed by atoms with Crippen molar-refractivity contribution in [1.82, 2.24) is 4.90 Å². The fourth-order valence-corrected chi connectivity index (χ4v) is 5.05. The summed E-state index contributed by atoms with van der Waals surface area (Å²) in [6, 6.07) is 13.0. The maximum atomic E-state index is 13.2. The minimum atomic E-state index is -3.86. The standard InChI is InChI=1S/C20H23ClN2O4S/c1-2-23(15-7-4-3-5-8-15)28(26,27)17-10-11-19(21)18(13-17)20(25)22-12-6-9-16(24)14-22/h3-5,7-8,10-11,13,16,24H,2,6,9,12,14H2,1H3. The van der Waals surface area contributed by atoms with Crippen LogP contribution in [0.15, 0.2) is 53.4 Å². The normalized spacial score (nSPS) is 17.4. The Labute approximate surface area is 170 Å². The minimum Gasteiger partial charge on any atom is -0.391 e. The zero-order valence-corrected chi connectivity index (χ0v) is 17.2. The van der Waals surface area contributed by atoms with Gasteiger partial charge in [0.2, 0.25) is 0 Å². The van der Waals surface area contributed by atoms with Crippen molar-refractivity contribution in [3.63, 3.8) is 0 Å². The molecule has 1 fully saturated rings. The number of anilines is 1. The number of likely N-dealkylation sites (tertiary alicyclic amines) is 1. The summed E-state index contributed by atoms with van der Waals surface area (Å²) in [6.07, 6.45) is 0.770. The highest BCUT2D eigenvalue weighted by atomic mass is 35.5. The number of β-amino-alcohol motifs (C(OH)–C–C–N with tert-alkyl or cyclic N) is 1. The molecule has 2 aromatic rings. The number of para-hydroxylation sites is 1. The number of carbonyl (C=O) groups is 1. The first kappa shape index (κ1) is 20.6. The van der Waals surface area contributed by atoms with E-state index in [-0.39, 0.29) is 34.5 Å². The highest BCUT2D eigenvalue weighted by Gasteiger charge is 2.28. The van der Waals surface area contributed by atoms with Crippen molar-refractivity contribution in [3.05, 3.63) is 59.1 Å². The van der Waals surface area contributed by atoms with Gasteiger partial charge < -0.3 is 10.0 Å². The van der Waals surface area contributed by atoms with Crippen LogP contribution in [0, 0.1) is 0 Å². The molecule has 0 spiro atoms. The summed E-state index contributed by atoms with van der Waals surface area (Å²) in [5, 5.41) is 10.0. The van der Waals surface area contributed by atoms with Crippen LogP contribution in [0.25, 0.3) is 0 Å². The van der Waals surface area contributed by atoms with Crippen molar-refractivity contribution in [3.8, 4) is 0 Å². The molecular weight excluding hydrogens is 400 g/mol. The van der Waals surface area contributed by atoms with Crippen molar-refractivity contribution in [1.29, 1.82) is 0 Å². The Balaban J connectivity index is 1.97. The molecular formula is C20H23ClN2O4S. The maximum absolute atomic E-state index is 13.2. The Morgan fingerprint density at radius 1 is 1.25 bits per heavy atom. The number of amides is 1. The Bertz CT molecular complexity index is 950. The number of benzene rings is 2. The second-order valence-corrected chi connectivity index (χ2v) is 8.96. The molecule has 6 nitrogen and oxygen atoms in total. The lowest BCUT2D eigenvalue weighted by Crippen LogP contribution is -2.42. The molecule has 2 aromatic carbocycles. The smallest absolute Gasteiger partial charge is 0.264 e.